The van der Waals surface area contributed by atoms with Gasteiger partial charge in [-0.05, 0) is 44.0 Å². The lowest BCUT2D eigenvalue weighted by molar-refractivity contribution is 0.121. The molecule has 0 aliphatic rings. The number of hydrogen-bond acceptors (Lipinski definition) is 5. The van der Waals surface area contributed by atoms with E-state index in [9.17, 15) is 18.6 Å². The molecule has 6 nitrogen and oxygen atoms in total. The van der Waals surface area contributed by atoms with Crippen LogP contribution in [0.1, 0.15) is 18.1 Å². The standard InChI is InChI=1S/C12H20N2O4S/c1-8-4-10(13)5-9(2)11(8)19(17,18)14-12(3,6-15)7-16/h4-5,14-16H,6-7,13H2,1-3H3. The molecule has 7 heteroatoms. The number of aryl methyl sites for hydroxylation is 2. The second-order valence-electron chi connectivity index (χ2n) is 4.97. The predicted molar refractivity (Wildman–Crippen MR) is 73.2 cm³/mol. The van der Waals surface area contributed by atoms with Crippen molar-refractivity contribution in [2.24, 2.45) is 0 Å². The Balaban J connectivity index is 3.29. The molecule has 108 valence electrons. The van der Waals surface area contributed by atoms with Crippen LogP contribution in [-0.4, -0.2) is 37.4 Å². The van der Waals surface area contributed by atoms with Gasteiger partial charge in [0.15, 0.2) is 0 Å². The minimum absolute atomic E-state index is 0.120. The van der Waals surface area contributed by atoms with Gasteiger partial charge in [0.2, 0.25) is 10.0 Å². The molecule has 0 heterocycles. The first-order valence-electron chi connectivity index (χ1n) is 5.77. The zero-order valence-electron chi connectivity index (χ0n) is 11.3. The molecule has 1 rings (SSSR count). The third-order valence-electron chi connectivity index (χ3n) is 2.83. The lowest BCUT2D eigenvalue weighted by atomic mass is 10.1. The van der Waals surface area contributed by atoms with E-state index in [2.05, 4.69) is 4.72 Å². The van der Waals surface area contributed by atoms with Crippen LogP contribution in [0.2, 0.25) is 0 Å². The van der Waals surface area contributed by atoms with Crippen molar-refractivity contribution in [3.63, 3.8) is 0 Å². The number of nitrogens with one attached hydrogen (secondary N) is 1. The van der Waals surface area contributed by atoms with E-state index in [4.69, 9.17) is 5.73 Å². The molecule has 1 aromatic carbocycles. The Labute approximate surface area is 113 Å². The Hall–Kier alpha value is -1.15. The lowest BCUT2D eigenvalue weighted by Gasteiger charge is -2.26. The zero-order chi connectivity index (χ0) is 14.8. The minimum Gasteiger partial charge on any atom is -0.399 e. The van der Waals surface area contributed by atoms with Crippen LogP contribution < -0.4 is 10.5 Å². The maximum atomic E-state index is 12.3. The number of anilines is 1. The summed E-state index contributed by atoms with van der Waals surface area (Å²) in [5.41, 5.74) is 5.87. The first kappa shape index (κ1) is 15.9. The summed E-state index contributed by atoms with van der Waals surface area (Å²) in [6.07, 6.45) is 0. The molecule has 0 fully saturated rings. The van der Waals surface area contributed by atoms with Gasteiger partial charge < -0.3 is 15.9 Å². The highest BCUT2D eigenvalue weighted by molar-refractivity contribution is 7.89. The largest absolute Gasteiger partial charge is 0.399 e. The van der Waals surface area contributed by atoms with E-state index >= 15 is 0 Å². The Morgan fingerprint density at radius 1 is 1.21 bits per heavy atom. The van der Waals surface area contributed by atoms with Gasteiger partial charge in [-0.15, -0.1) is 0 Å². The molecule has 0 bridgehead atoms. The van der Waals surface area contributed by atoms with Crippen LogP contribution in [0, 0.1) is 13.8 Å². The van der Waals surface area contributed by atoms with Crippen LogP contribution in [0.3, 0.4) is 0 Å². The maximum Gasteiger partial charge on any atom is 0.241 e. The maximum absolute atomic E-state index is 12.3. The normalized spacial score (nSPS) is 12.7. The van der Waals surface area contributed by atoms with Crippen LogP contribution in [-0.2, 0) is 10.0 Å². The summed E-state index contributed by atoms with van der Waals surface area (Å²) in [6, 6.07) is 3.13. The number of aliphatic hydroxyl groups is 2. The SMILES string of the molecule is Cc1cc(N)cc(C)c1S(=O)(=O)NC(C)(CO)CO. The highest BCUT2D eigenvalue weighted by Crippen LogP contribution is 2.24. The minimum atomic E-state index is -3.85. The molecule has 0 saturated carbocycles. The van der Waals surface area contributed by atoms with E-state index in [0.29, 0.717) is 16.8 Å². The second kappa shape index (κ2) is 5.46. The number of rotatable bonds is 5. The fraction of sp³-hybridized carbons (Fsp3) is 0.500. The number of sulfonamides is 1. The summed E-state index contributed by atoms with van der Waals surface area (Å²) >= 11 is 0. The van der Waals surface area contributed by atoms with E-state index in [1.807, 2.05) is 0 Å². The monoisotopic (exact) mass is 288 g/mol. The van der Waals surface area contributed by atoms with Gasteiger partial charge in [-0.25, -0.2) is 13.1 Å². The molecule has 0 unspecified atom stereocenters. The van der Waals surface area contributed by atoms with Crippen molar-refractivity contribution >= 4 is 15.7 Å². The van der Waals surface area contributed by atoms with Crippen molar-refractivity contribution in [1.29, 1.82) is 0 Å². The van der Waals surface area contributed by atoms with Crippen LogP contribution in [0.5, 0.6) is 0 Å². The number of nitrogens with two attached hydrogens (primary N) is 1. The molecule has 0 atom stereocenters. The van der Waals surface area contributed by atoms with E-state index in [1.165, 1.54) is 6.92 Å². The fourth-order valence-corrected chi connectivity index (χ4v) is 3.74. The molecular formula is C12H20N2O4S. The zero-order valence-corrected chi connectivity index (χ0v) is 12.1. The second-order valence-corrected chi connectivity index (χ2v) is 6.59. The lowest BCUT2D eigenvalue weighted by Crippen LogP contribution is -2.51. The van der Waals surface area contributed by atoms with E-state index in [0.717, 1.165) is 0 Å². The van der Waals surface area contributed by atoms with Crippen molar-refractivity contribution in [3.05, 3.63) is 23.3 Å². The van der Waals surface area contributed by atoms with Gasteiger partial charge >= 0.3 is 0 Å². The Kier molecular flexibility index (Phi) is 4.57. The third kappa shape index (κ3) is 3.44. The van der Waals surface area contributed by atoms with E-state index in [-0.39, 0.29) is 4.90 Å². The average molecular weight is 288 g/mol. The Bertz CT molecular complexity index is 542. The van der Waals surface area contributed by atoms with Gasteiger partial charge in [-0.2, -0.15) is 0 Å². The van der Waals surface area contributed by atoms with Crippen LogP contribution in [0.15, 0.2) is 17.0 Å². The smallest absolute Gasteiger partial charge is 0.241 e. The van der Waals surface area contributed by atoms with Gasteiger partial charge in [-0.1, -0.05) is 0 Å². The molecule has 0 saturated heterocycles. The van der Waals surface area contributed by atoms with Crippen molar-refractivity contribution in [2.45, 2.75) is 31.2 Å². The summed E-state index contributed by atoms with van der Waals surface area (Å²) in [5, 5.41) is 18.3. The molecule has 0 amide bonds. The third-order valence-corrected chi connectivity index (χ3v) is 4.77. The van der Waals surface area contributed by atoms with E-state index < -0.39 is 28.8 Å². The number of hydrogen-bond donors (Lipinski definition) is 4. The molecule has 0 radical (unpaired) electrons. The summed E-state index contributed by atoms with van der Waals surface area (Å²) in [4.78, 5) is 0.120. The van der Waals surface area contributed by atoms with E-state index in [1.54, 1.807) is 26.0 Å². The molecule has 0 aliphatic heterocycles. The topological polar surface area (TPSA) is 113 Å². The molecule has 19 heavy (non-hydrogen) atoms. The first-order chi connectivity index (χ1) is 8.65. The van der Waals surface area contributed by atoms with Gasteiger partial charge in [0.05, 0.1) is 23.6 Å². The predicted octanol–water partition coefficient (Wildman–Crippen LogP) is -0.0928. The van der Waals surface area contributed by atoms with Gasteiger partial charge in [-0.3, -0.25) is 0 Å². The van der Waals surface area contributed by atoms with Gasteiger partial charge in [0.1, 0.15) is 0 Å². The Morgan fingerprint density at radius 2 is 1.63 bits per heavy atom. The number of nitrogen functional groups attached to an aromatic ring is 1. The summed E-state index contributed by atoms with van der Waals surface area (Å²) in [7, 11) is -3.85. The first-order valence-corrected chi connectivity index (χ1v) is 7.26. The highest BCUT2D eigenvalue weighted by Gasteiger charge is 2.31. The van der Waals surface area contributed by atoms with Gasteiger partial charge in [0.25, 0.3) is 0 Å². The molecule has 5 N–H and O–H groups in total. The Morgan fingerprint density at radius 3 is 2.00 bits per heavy atom. The summed E-state index contributed by atoms with van der Waals surface area (Å²) < 4.78 is 27.0. The number of aliphatic hydroxyl groups excluding tert-OH is 2. The average Bonchev–Trinajstić information content (AvgIpc) is 2.26. The molecule has 0 aromatic heterocycles. The number of benzene rings is 1. The summed E-state index contributed by atoms with van der Waals surface area (Å²) in [6.45, 7) is 3.71. The van der Waals surface area contributed by atoms with Crippen molar-refractivity contribution < 1.29 is 18.6 Å². The summed E-state index contributed by atoms with van der Waals surface area (Å²) in [5.74, 6) is 0. The van der Waals surface area contributed by atoms with Crippen LogP contribution >= 0.6 is 0 Å². The van der Waals surface area contributed by atoms with Crippen molar-refractivity contribution in [2.75, 3.05) is 18.9 Å². The van der Waals surface area contributed by atoms with Crippen molar-refractivity contribution in [1.82, 2.24) is 4.72 Å². The molecule has 1 aromatic rings. The van der Waals surface area contributed by atoms with Crippen molar-refractivity contribution in [3.8, 4) is 0 Å². The van der Waals surface area contributed by atoms with Gasteiger partial charge in [0, 0.05) is 5.69 Å². The molecule has 0 aliphatic carbocycles. The van der Waals surface area contributed by atoms with Crippen LogP contribution in [0.4, 0.5) is 5.69 Å². The molecular weight excluding hydrogens is 268 g/mol. The highest BCUT2D eigenvalue weighted by atomic mass is 32.2. The van der Waals surface area contributed by atoms with Crippen LogP contribution in [0.25, 0.3) is 0 Å². The quantitative estimate of drug-likeness (QED) is 0.566. The fourth-order valence-electron chi connectivity index (χ4n) is 1.90. The molecule has 0 spiro atoms.